The Morgan fingerprint density at radius 1 is 0.960 bits per heavy atom. The third kappa shape index (κ3) is 5.61. The summed E-state index contributed by atoms with van der Waals surface area (Å²) >= 11 is 0. The molecule has 1 aliphatic heterocycles. The lowest BCUT2D eigenvalue weighted by atomic mass is 9.77. The lowest BCUT2D eigenvalue weighted by molar-refractivity contribution is -0.150. The van der Waals surface area contributed by atoms with Crippen LogP contribution < -0.4 is 0 Å². The highest BCUT2D eigenvalue weighted by Gasteiger charge is 2.44. The third-order valence-electron chi connectivity index (χ3n) is 5.47. The number of hydrogen-bond donors (Lipinski definition) is 0. The van der Waals surface area contributed by atoms with Gasteiger partial charge >= 0.3 is 12.1 Å². The topological polar surface area (TPSA) is 55.8 Å². The number of carbonyl (C=O) groups excluding carboxylic acids is 2. The zero-order valence-corrected chi connectivity index (χ0v) is 16.4. The molecule has 0 aromatic carbocycles. The Morgan fingerprint density at radius 2 is 1.56 bits per heavy atom. The highest BCUT2D eigenvalue weighted by Crippen LogP contribution is 2.37. The van der Waals surface area contributed by atoms with Gasteiger partial charge in [0.1, 0.15) is 5.60 Å². The molecule has 0 aromatic heterocycles. The smallest absolute Gasteiger partial charge is 0.410 e. The molecule has 0 spiro atoms. The Labute approximate surface area is 152 Å². The second-order valence-corrected chi connectivity index (χ2v) is 8.54. The van der Waals surface area contributed by atoms with E-state index in [-0.39, 0.29) is 24.0 Å². The fourth-order valence-electron chi connectivity index (χ4n) is 4.36. The van der Waals surface area contributed by atoms with Crippen molar-refractivity contribution in [1.82, 2.24) is 4.90 Å². The van der Waals surface area contributed by atoms with Gasteiger partial charge in [0.05, 0.1) is 13.0 Å². The number of carbonyl (C=O) groups is 2. The zero-order valence-electron chi connectivity index (χ0n) is 16.4. The van der Waals surface area contributed by atoms with Crippen LogP contribution in [0.25, 0.3) is 0 Å². The average molecular weight is 354 g/mol. The van der Waals surface area contributed by atoms with Gasteiger partial charge < -0.3 is 14.4 Å². The number of rotatable bonds is 3. The predicted molar refractivity (Wildman–Crippen MR) is 97.3 cm³/mol. The first-order chi connectivity index (χ1) is 11.8. The quantitative estimate of drug-likeness (QED) is 0.699. The minimum atomic E-state index is -0.523. The van der Waals surface area contributed by atoms with Gasteiger partial charge in [-0.2, -0.15) is 0 Å². The van der Waals surface area contributed by atoms with E-state index in [1.54, 1.807) is 4.90 Å². The summed E-state index contributed by atoms with van der Waals surface area (Å²) in [4.78, 5) is 27.1. The minimum absolute atomic E-state index is 0.0910. The Balaban J connectivity index is 2.17. The lowest BCUT2D eigenvalue weighted by Gasteiger charge is -2.36. The van der Waals surface area contributed by atoms with E-state index in [0.717, 1.165) is 38.5 Å². The molecular weight excluding hydrogens is 318 g/mol. The van der Waals surface area contributed by atoms with E-state index in [4.69, 9.17) is 9.47 Å². The van der Waals surface area contributed by atoms with Crippen LogP contribution in [0.1, 0.15) is 78.6 Å². The molecule has 25 heavy (non-hydrogen) atoms. The van der Waals surface area contributed by atoms with Crippen LogP contribution in [0.3, 0.4) is 0 Å². The standard InChI is InChI=1S/C20H35NO4/c1-20(2,3)25-19(23)21-14-10-13-16(21)17(18(22)24-4)15-11-8-6-5-7-9-12-15/h15-17H,5-14H2,1-4H3. The molecule has 1 saturated heterocycles. The molecule has 0 N–H and O–H groups in total. The van der Waals surface area contributed by atoms with Crippen LogP contribution in [0.15, 0.2) is 0 Å². The molecule has 1 amide bonds. The summed E-state index contributed by atoms with van der Waals surface area (Å²) in [6, 6.07) is -0.0910. The minimum Gasteiger partial charge on any atom is -0.469 e. The number of amides is 1. The summed E-state index contributed by atoms with van der Waals surface area (Å²) in [6.07, 6.45) is 9.69. The van der Waals surface area contributed by atoms with E-state index in [9.17, 15) is 9.59 Å². The first-order valence-corrected chi connectivity index (χ1v) is 9.91. The Bertz CT molecular complexity index is 449. The van der Waals surface area contributed by atoms with E-state index in [0.29, 0.717) is 12.5 Å². The molecule has 1 aliphatic carbocycles. The molecule has 0 radical (unpaired) electrons. The normalized spacial score (nSPS) is 24.3. The van der Waals surface area contributed by atoms with Crippen LogP contribution in [0, 0.1) is 11.8 Å². The number of nitrogens with zero attached hydrogens (tertiary/aromatic N) is 1. The second-order valence-electron chi connectivity index (χ2n) is 8.54. The van der Waals surface area contributed by atoms with Crippen molar-refractivity contribution in [2.45, 2.75) is 90.2 Å². The molecule has 1 saturated carbocycles. The molecular formula is C20H35NO4. The van der Waals surface area contributed by atoms with Crippen molar-refractivity contribution in [2.75, 3.05) is 13.7 Å². The van der Waals surface area contributed by atoms with Gasteiger partial charge in [-0.1, -0.05) is 32.1 Å². The van der Waals surface area contributed by atoms with E-state index in [2.05, 4.69) is 0 Å². The first-order valence-electron chi connectivity index (χ1n) is 9.91. The van der Waals surface area contributed by atoms with Gasteiger partial charge in [0.15, 0.2) is 0 Å². The highest BCUT2D eigenvalue weighted by atomic mass is 16.6. The van der Waals surface area contributed by atoms with Gasteiger partial charge in [0.2, 0.25) is 0 Å². The van der Waals surface area contributed by atoms with Crippen LogP contribution in [-0.4, -0.2) is 42.3 Å². The Morgan fingerprint density at radius 3 is 2.12 bits per heavy atom. The summed E-state index contributed by atoms with van der Waals surface area (Å²) in [5, 5.41) is 0. The fraction of sp³-hybridized carbons (Fsp3) is 0.900. The summed E-state index contributed by atoms with van der Waals surface area (Å²) in [5.74, 6) is -0.0788. The largest absolute Gasteiger partial charge is 0.469 e. The van der Waals surface area contributed by atoms with Crippen molar-refractivity contribution in [1.29, 1.82) is 0 Å². The highest BCUT2D eigenvalue weighted by molar-refractivity contribution is 5.76. The van der Waals surface area contributed by atoms with Crippen molar-refractivity contribution >= 4 is 12.1 Å². The second kappa shape index (κ2) is 8.91. The lowest BCUT2D eigenvalue weighted by Crippen LogP contribution is -2.47. The van der Waals surface area contributed by atoms with Crippen molar-refractivity contribution in [2.24, 2.45) is 11.8 Å². The molecule has 5 heteroatoms. The van der Waals surface area contributed by atoms with Crippen LogP contribution in [0.5, 0.6) is 0 Å². The number of hydrogen-bond acceptors (Lipinski definition) is 4. The monoisotopic (exact) mass is 353 g/mol. The Hall–Kier alpha value is -1.26. The van der Waals surface area contributed by atoms with Crippen molar-refractivity contribution in [3.63, 3.8) is 0 Å². The van der Waals surface area contributed by atoms with E-state index < -0.39 is 5.60 Å². The van der Waals surface area contributed by atoms with Gasteiger partial charge in [-0.05, 0) is 52.4 Å². The van der Waals surface area contributed by atoms with E-state index >= 15 is 0 Å². The summed E-state index contributed by atoms with van der Waals surface area (Å²) < 4.78 is 10.7. The van der Waals surface area contributed by atoms with Gasteiger partial charge in [0, 0.05) is 12.6 Å². The molecule has 5 nitrogen and oxygen atoms in total. The number of likely N-dealkylation sites (tertiary alicyclic amines) is 1. The van der Waals surface area contributed by atoms with Crippen LogP contribution in [-0.2, 0) is 14.3 Å². The van der Waals surface area contributed by atoms with Crippen LogP contribution in [0.4, 0.5) is 4.79 Å². The third-order valence-corrected chi connectivity index (χ3v) is 5.47. The zero-order chi connectivity index (χ0) is 18.4. The molecule has 2 aliphatic rings. The molecule has 2 fully saturated rings. The van der Waals surface area contributed by atoms with Crippen LogP contribution >= 0.6 is 0 Å². The maximum atomic E-state index is 12.6. The van der Waals surface area contributed by atoms with Gasteiger partial charge in [-0.25, -0.2) is 4.79 Å². The van der Waals surface area contributed by atoms with Gasteiger partial charge in [0.25, 0.3) is 0 Å². The molecule has 0 aromatic rings. The van der Waals surface area contributed by atoms with Gasteiger partial charge in [-0.3, -0.25) is 4.79 Å². The maximum absolute atomic E-state index is 12.6. The molecule has 1 heterocycles. The summed E-state index contributed by atoms with van der Waals surface area (Å²) in [7, 11) is 1.46. The van der Waals surface area contributed by atoms with Gasteiger partial charge in [-0.15, -0.1) is 0 Å². The number of esters is 1. The first kappa shape index (κ1) is 20.1. The summed E-state index contributed by atoms with van der Waals surface area (Å²) in [6.45, 7) is 6.30. The molecule has 0 bridgehead atoms. The average Bonchev–Trinajstić information content (AvgIpc) is 2.96. The van der Waals surface area contributed by atoms with Crippen LogP contribution in [0.2, 0.25) is 0 Å². The predicted octanol–water partition coefficient (Wildman–Crippen LogP) is 4.54. The molecule has 144 valence electrons. The molecule has 2 unspecified atom stereocenters. The van der Waals surface area contributed by atoms with Crippen molar-refractivity contribution < 1.29 is 19.1 Å². The molecule has 2 atom stereocenters. The molecule has 2 rings (SSSR count). The Kier molecular flexibility index (Phi) is 7.14. The van der Waals surface area contributed by atoms with E-state index in [1.807, 2.05) is 20.8 Å². The SMILES string of the molecule is COC(=O)C(C1CCCCCCC1)C1CCCN1C(=O)OC(C)(C)C. The fourth-order valence-corrected chi connectivity index (χ4v) is 4.36. The summed E-state index contributed by atoms with van der Waals surface area (Å²) in [5.41, 5.74) is -0.523. The number of methoxy groups -OCH3 is 1. The van der Waals surface area contributed by atoms with Crippen molar-refractivity contribution in [3.8, 4) is 0 Å². The maximum Gasteiger partial charge on any atom is 0.410 e. The van der Waals surface area contributed by atoms with E-state index in [1.165, 1.54) is 26.4 Å². The van der Waals surface area contributed by atoms with Crippen molar-refractivity contribution in [3.05, 3.63) is 0 Å². The number of ether oxygens (including phenoxy) is 2.